The van der Waals surface area contributed by atoms with Gasteiger partial charge in [0.15, 0.2) is 5.69 Å². The minimum absolute atomic E-state index is 0.0457. The van der Waals surface area contributed by atoms with Crippen molar-refractivity contribution in [2.45, 2.75) is 0 Å². The molecule has 0 fully saturated rings. The number of primary sulfonamides is 1. The Morgan fingerprint density at radius 3 is 2.76 bits per heavy atom. The molecule has 0 radical (unpaired) electrons. The van der Waals surface area contributed by atoms with E-state index in [9.17, 15) is 13.2 Å². The van der Waals surface area contributed by atoms with Gasteiger partial charge in [0.2, 0.25) is 10.0 Å². The fourth-order valence-electron chi connectivity index (χ4n) is 1.52. The zero-order chi connectivity index (χ0) is 15.5. The molecule has 0 saturated carbocycles. The fraction of sp³-hybridized carbons (Fsp3) is 0.182. The number of nitrogens with two attached hydrogens (primary N) is 1. The van der Waals surface area contributed by atoms with Crippen LogP contribution in [0.4, 0.5) is 0 Å². The molecule has 0 aliphatic rings. The van der Waals surface area contributed by atoms with Gasteiger partial charge in [0, 0.05) is 6.54 Å². The predicted octanol–water partition coefficient (Wildman–Crippen LogP) is -0.0610. The van der Waals surface area contributed by atoms with Crippen LogP contribution in [-0.2, 0) is 10.0 Å². The summed E-state index contributed by atoms with van der Waals surface area (Å²) in [4.78, 5) is 11.8. The second-order valence-electron chi connectivity index (χ2n) is 4.12. The van der Waals surface area contributed by atoms with E-state index in [-0.39, 0.29) is 18.0 Å². The third-order valence-corrected chi connectivity index (χ3v) is 3.59. The number of nitrogens with one attached hydrogen (secondary N) is 1. The van der Waals surface area contributed by atoms with Crippen LogP contribution in [0.25, 0.3) is 5.69 Å². The van der Waals surface area contributed by atoms with E-state index in [0.29, 0.717) is 10.7 Å². The second-order valence-corrected chi connectivity index (χ2v) is 6.26. The van der Waals surface area contributed by atoms with E-state index in [1.807, 2.05) is 0 Å². The van der Waals surface area contributed by atoms with E-state index in [1.165, 1.54) is 10.9 Å². The topological polar surface area (TPSA) is 120 Å². The summed E-state index contributed by atoms with van der Waals surface area (Å²) < 4.78 is 22.9. The number of sulfonamides is 1. The first-order chi connectivity index (χ1) is 9.87. The van der Waals surface area contributed by atoms with Crippen molar-refractivity contribution in [3.05, 3.63) is 41.2 Å². The normalized spacial score (nSPS) is 11.3. The first kappa shape index (κ1) is 15.4. The summed E-state index contributed by atoms with van der Waals surface area (Å²) in [5.41, 5.74) is 0.625. The highest BCUT2D eigenvalue weighted by Crippen LogP contribution is 2.18. The Hall–Kier alpha value is -1.97. The highest BCUT2D eigenvalue weighted by Gasteiger charge is 2.13. The smallest absolute Gasteiger partial charge is 0.273 e. The monoisotopic (exact) mass is 329 g/mol. The van der Waals surface area contributed by atoms with Gasteiger partial charge in [-0.05, 0) is 12.1 Å². The van der Waals surface area contributed by atoms with Crippen molar-refractivity contribution in [1.29, 1.82) is 0 Å². The molecule has 112 valence electrons. The fourth-order valence-corrected chi connectivity index (χ4v) is 2.13. The molecule has 1 aromatic carbocycles. The molecule has 8 nitrogen and oxygen atoms in total. The van der Waals surface area contributed by atoms with Gasteiger partial charge in [0.05, 0.1) is 22.7 Å². The Bertz CT molecular complexity index is 759. The van der Waals surface area contributed by atoms with Crippen LogP contribution >= 0.6 is 11.6 Å². The third-order valence-electron chi connectivity index (χ3n) is 2.50. The van der Waals surface area contributed by atoms with E-state index < -0.39 is 15.9 Å². The van der Waals surface area contributed by atoms with Crippen molar-refractivity contribution >= 4 is 27.5 Å². The number of hydrogen-bond donors (Lipinski definition) is 2. The number of para-hydroxylation sites is 1. The first-order valence-electron chi connectivity index (χ1n) is 5.83. The van der Waals surface area contributed by atoms with E-state index >= 15 is 0 Å². The Labute approximate surface area is 125 Å². The van der Waals surface area contributed by atoms with Crippen LogP contribution in [0.1, 0.15) is 10.5 Å². The summed E-state index contributed by atoms with van der Waals surface area (Å²) in [6.45, 7) is -0.101. The Balaban J connectivity index is 2.06. The highest BCUT2D eigenvalue weighted by molar-refractivity contribution is 7.89. The number of benzene rings is 1. The molecule has 0 aliphatic carbocycles. The van der Waals surface area contributed by atoms with Crippen molar-refractivity contribution in [3.8, 4) is 5.69 Å². The largest absolute Gasteiger partial charge is 0.350 e. The maximum atomic E-state index is 11.8. The number of nitrogens with zero attached hydrogens (tertiary/aromatic N) is 3. The van der Waals surface area contributed by atoms with Crippen molar-refractivity contribution in [3.63, 3.8) is 0 Å². The van der Waals surface area contributed by atoms with Crippen molar-refractivity contribution in [1.82, 2.24) is 20.3 Å². The van der Waals surface area contributed by atoms with Gasteiger partial charge in [-0.2, -0.15) is 0 Å². The van der Waals surface area contributed by atoms with Crippen LogP contribution in [0.3, 0.4) is 0 Å². The second kappa shape index (κ2) is 6.20. The average Bonchev–Trinajstić information content (AvgIpc) is 2.87. The SMILES string of the molecule is NS(=O)(=O)CCNC(=O)c1cn(-c2ccccc2Cl)nn1. The highest BCUT2D eigenvalue weighted by atomic mass is 35.5. The molecule has 21 heavy (non-hydrogen) atoms. The minimum Gasteiger partial charge on any atom is -0.350 e. The molecule has 1 heterocycles. The molecule has 1 aromatic heterocycles. The van der Waals surface area contributed by atoms with Gasteiger partial charge < -0.3 is 5.32 Å². The minimum atomic E-state index is -3.62. The summed E-state index contributed by atoms with van der Waals surface area (Å²) in [5.74, 6) is -0.894. The quantitative estimate of drug-likeness (QED) is 0.796. The average molecular weight is 330 g/mol. The van der Waals surface area contributed by atoms with Crippen LogP contribution < -0.4 is 10.5 Å². The van der Waals surface area contributed by atoms with Gasteiger partial charge >= 0.3 is 0 Å². The number of halogens is 1. The molecule has 0 unspecified atom stereocenters. The summed E-state index contributed by atoms with van der Waals surface area (Å²) in [6, 6.07) is 6.95. The van der Waals surface area contributed by atoms with Gasteiger partial charge in [-0.25, -0.2) is 18.2 Å². The summed E-state index contributed by atoms with van der Waals surface area (Å²) >= 11 is 6.01. The number of rotatable bonds is 5. The molecular formula is C11H12ClN5O3S. The first-order valence-corrected chi connectivity index (χ1v) is 7.92. The summed E-state index contributed by atoms with van der Waals surface area (Å²) in [7, 11) is -3.62. The van der Waals surface area contributed by atoms with Gasteiger partial charge in [0.25, 0.3) is 5.91 Å². The Kier molecular flexibility index (Phi) is 4.56. The van der Waals surface area contributed by atoms with E-state index in [1.54, 1.807) is 24.3 Å². The zero-order valence-electron chi connectivity index (χ0n) is 10.7. The molecule has 10 heteroatoms. The Morgan fingerprint density at radius 1 is 1.38 bits per heavy atom. The lowest BCUT2D eigenvalue weighted by atomic mass is 10.3. The third kappa shape index (κ3) is 4.25. The molecule has 2 aromatic rings. The Morgan fingerprint density at radius 2 is 2.10 bits per heavy atom. The number of carbonyl (C=O) groups excluding carboxylic acids is 1. The molecule has 1 amide bonds. The lowest BCUT2D eigenvalue weighted by Gasteiger charge is -2.02. The lowest BCUT2D eigenvalue weighted by molar-refractivity contribution is 0.0951. The molecule has 3 N–H and O–H groups in total. The standard InChI is InChI=1S/C11H12ClN5O3S/c12-8-3-1-2-4-10(8)17-7-9(15-16-17)11(18)14-5-6-21(13,19)20/h1-4,7H,5-6H2,(H,14,18)(H2,13,19,20). The number of hydrogen-bond acceptors (Lipinski definition) is 5. The van der Waals surface area contributed by atoms with Crippen molar-refractivity contribution < 1.29 is 13.2 Å². The van der Waals surface area contributed by atoms with E-state index in [4.69, 9.17) is 16.7 Å². The number of carbonyl (C=O) groups is 1. The zero-order valence-corrected chi connectivity index (χ0v) is 12.3. The molecular weight excluding hydrogens is 318 g/mol. The molecule has 0 spiro atoms. The van der Waals surface area contributed by atoms with Crippen molar-refractivity contribution in [2.75, 3.05) is 12.3 Å². The maximum Gasteiger partial charge on any atom is 0.273 e. The molecule has 2 rings (SSSR count). The number of aromatic nitrogens is 3. The molecule has 0 atom stereocenters. The summed E-state index contributed by atoms with van der Waals surface area (Å²) in [5, 5.41) is 15.2. The van der Waals surface area contributed by atoms with E-state index in [2.05, 4.69) is 15.6 Å². The van der Waals surface area contributed by atoms with Crippen LogP contribution in [0.2, 0.25) is 5.02 Å². The van der Waals surface area contributed by atoms with Crippen LogP contribution in [-0.4, -0.2) is 41.6 Å². The van der Waals surface area contributed by atoms with E-state index in [0.717, 1.165) is 0 Å². The molecule has 0 bridgehead atoms. The maximum absolute atomic E-state index is 11.8. The van der Waals surface area contributed by atoms with Crippen LogP contribution in [0.15, 0.2) is 30.5 Å². The molecule has 0 aliphatic heterocycles. The number of amides is 1. The van der Waals surface area contributed by atoms with Crippen LogP contribution in [0, 0.1) is 0 Å². The molecule has 0 saturated heterocycles. The van der Waals surface area contributed by atoms with Gasteiger partial charge in [-0.15, -0.1) is 5.10 Å². The van der Waals surface area contributed by atoms with Gasteiger partial charge in [-0.1, -0.05) is 28.9 Å². The van der Waals surface area contributed by atoms with Gasteiger partial charge in [0.1, 0.15) is 0 Å². The predicted molar refractivity (Wildman–Crippen MR) is 76.7 cm³/mol. The van der Waals surface area contributed by atoms with Crippen molar-refractivity contribution in [2.24, 2.45) is 5.14 Å². The summed E-state index contributed by atoms with van der Waals surface area (Å²) in [6.07, 6.45) is 1.40. The van der Waals surface area contributed by atoms with Gasteiger partial charge in [-0.3, -0.25) is 4.79 Å². The lowest BCUT2D eigenvalue weighted by Crippen LogP contribution is -2.31. The van der Waals surface area contributed by atoms with Crippen LogP contribution in [0.5, 0.6) is 0 Å².